The van der Waals surface area contributed by atoms with Crippen LogP contribution in [-0.4, -0.2) is 85.5 Å². The highest BCUT2D eigenvalue weighted by Gasteiger charge is 2.22. The number of nitrogens with zero attached hydrogens (tertiary/aromatic N) is 4. The van der Waals surface area contributed by atoms with Crippen molar-refractivity contribution in [1.29, 1.82) is 0 Å². The normalized spacial score (nSPS) is 17.9. The molecule has 0 spiro atoms. The van der Waals surface area contributed by atoms with E-state index in [1.165, 1.54) is 18.5 Å². The Hall–Kier alpha value is -2.72. The quantitative estimate of drug-likeness (QED) is 0.475. The van der Waals surface area contributed by atoms with E-state index in [1.54, 1.807) is 6.07 Å². The van der Waals surface area contributed by atoms with Gasteiger partial charge in [-0.05, 0) is 38.1 Å². The largest absolute Gasteiger partial charge is 0.492 e. The van der Waals surface area contributed by atoms with Gasteiger partial charge in [-0.3, -0.25) is 4.90 Å². The molecule has 2 aromatic carbocycles. The molecule has 0 aliphatic carbocycles. The second-order valence-corrected chi connectivity index (χ2v) is 9.62. The fraction of sp³-hybridized carbons (Fsp3) is 0.462. The molecule has 0 amide bonds. The lowest BCUT2D eigenvalue weighted by atomic mass is 10.1. The van der Waals surface area contributed by atoms with Gasteiger partial charge in [0, 0.05) is 50.5 Å². The van der Waals surface area contributed by atoms with Crippen molar-refractivity contribution in [3.8, 4) is 11.5 Å². The van der Waals surface area contributed by atoms with Crippen LogP contribution in [0, 0.1) is 5.82 Å². The minimum Gasteiger partial charge on any atom is -0.492 e. The van der Waals surface area contributed by atoms with E-state index in [0.29, 0.717) is 35.1 Å². The Balaban J connectivity index is 1.42. The highest BCUT2D eigenvalue weighted by atomic mass is 35.5. The van der Waals surface area contributed by atoms with E-state index < -0.39 is 5.82 Å². The van der Waals surface area contributed by atoms with Crippen molar-refractivity contribution >= 4 is 34.0 Å². The minimum absolute atomic E-state index is 0.0390. The molecule has 2 fully saturated rings. The number of halogens is 2. The first kappa shape index (κ1) is 25.0. The number of anilines is 2. The van der Waals surface area contributed by atoms with Crippen LogP contribution < -0.4 is 14.8 Å². The molecule has 3 heterocycles. The number of ether oxygens (including phenoxy) is 3. The van der Waals surface area contributed by atoms with E-state index in [4.69, 9.17) is 25.8 Å². The lowest BCUT2D eigenvalue weighted by molar-refractivity contribution is 0.0322. The number of nitrogens with one attached hydrogen (secondary N) is 1. The van der Waals surface area contributed by atoms with E-state index in [-0.39, 0.29) is 11.1 Å². The van der Waals surface area contributed by atoms with Gasteiger partial charge in [0.15, 0.2) is 0 Å². The van der Waals surface area contributed by atoms with Crippen LogP contribution in [0.5, 0.6) is 11.5 Å². The fourth-order valence-corrected chi connectivity index (χ4v) is 4.69. The summed E-state index contributed by atoms with van der Waals surface area (Å²) in [6, 6.07) is 8.30. The van der Waals surface area contributed by atoms with Gasteiger partial charge in [0.2, 0.25) is 0 Å². The van der Waals surface area contributed by atoms with Gasteiger partial charge in [-0.2, -0.15) is 0 Å². The molecular formula is C26H31ClFN5O3. The van der Waals surface area contributed by atoms with Crippen LogP contribution in [0.3, 0.4) is 0 Å². The summed E-state index contributed by atoms with van der Waals surface area (Å²) >= 11 is 5.99. The molecule has 0 radical (unpaired) electrons. The second kappa shape index (κ2) is 11.6. The summed E-state index contributed by atoms with van der Waals surface area (Å²) in [5.41, 5.74) is 1.32. The Morgan fingerprint density at radius 3 is 2.69 bits per heavy atom. The van der Waals surface area contributed by atoms with Gasteiger partial charge >= 0.3 is 0 Å². The predicted molar refractivity (Wildman–Crippen MR) is 138 cm³/mol. The Labute approximate surface area is 215 Å². The summed E-state index contributed by atoms with van der Waals surface area (Å²) < 4.78 is 31.8. The smallest absolute Gasteiger partial charge is 0.145 e. The van der Waals surface area contributed by atoms with Crippen molar-refractivity contribution in [1.82, 2.24) is 19.8 Å². The third kappa shape index (κ3) is 6.15. The molecule has 1 aromatic heterocycles. The van der Waals surface area contributed by atoms with Gasteiger partial charge in [0.05, 0.1) is 29.1 Å². The lowest BCUT2D eigenvalue weighted by Gasteiger charge is -2.30. The maximum atomic E-state index is 13.7. The average molecular weight is 516 g/mol. The van der Waals surface area contributed by atoms with Gasteiger partial charge in [-0.25, -0.2) is 14.4 Å². The zero-order valence-electron chi connectivity index (χ0n) is 20.4. The summed E-state index contributed by atoms with van der Waals surface area (Å²) in [6.07, 6.45) is 3.45. The Kier molecular flexibility index (Phi) is 8.01. The third-order valence-electron chi connectivity index (χ3n) is 6.60. The standard InChI is InChI=1S/C26H31ClFN5O3/c1-32-6-4-19(5-7-32)36-24-16-20(35-13-10-33-8-11-34-12-9-33)15-23-25(24)26(30-17-29-23)31-18-2-3-22(28)21(27)14-18/h2-3,14-17,19H,4-13H2,1H3,(H,29,30,31). The Bertz CT molecular complexity index is 1190. The van der Waals surface area contributed by atoms with Crippen LogP contribution in [0.25, 0.3) is 10.9 Å². The molecule has 2 aliphatic heterocycles. The van der Waals surface area contributed by atoms with Crippen molar-refractivity contribution in [3.63, 3.8) is 0 Å². The molecule has 192 valence electrons. The van der Waals surface area contributed by atoms with Crippen LogP contribution >= 0.6 is 11.6 Å². The summed E-state index contributed by atoms with van der Waals surface area (Å²) in [5, 5.41) is 4.04. The monoisotopic (exact) mass is 515 g/mol. The second-order valence-electron chi connectivity index (χ2n) is 9.21. The lowest BCUT2D eigenvalue weighted by Crippen LogP contribution is -2.38. The minimum atomic E-state index is -0.472. The number of fused-ring (bicyclic) bond motifs is 1. The first-order valence-electron chi connectivity index (χ1n) is 12.3. The molecule has 36 heavy (non-hydrogen) atoms. The maximum absolute atomic E-state index is 13.7. The number of morpholine rings is 1. The van der Waals surface area contributed by atoms with Crippen LogP contribution in [0.15, 0.2) is 36.7 Å². The number of hydrogen-bond acceptors (Lipinski definition) is 8. The molecule has 8 nitrogen and oxygen atoms in total. The van der Waals surface area contributed by atoms with E-state index >= 15 is 0 Å². The van der Waals surface area contributed by atoms with Gasteiger partial charge in [0.1, 0.15) is 42.2 Å². The number of benzene rings is 2. The van der Waals surface area contributed by atoms with Crippen LogP contribution in [0.1, 0.15) is 12.8 Å². The van der Waals surface area contributed by atoms with Crippen molar-refractivity contribution in [3.05, 3.63) is 47.5 Å². The maximum Gasteiger partial charge on any atom is 0.145 e. The first-order chi connectivity index (χ1) is 17.5. The van der Waals surface area contributed by atoms with Crippen molar-refractivity contribution < 1.29 is 18.6 Å². The van der Waals surface area contributed by atoms with Gasteiger partial charge in [-0.1, -0.05) is 11.6 Å². The summed E-state index contributed by atoms with van der Waals surface area (Å²) in [5.74, 6) is 1.46. The highest BCUT2D eigenvalue weighted by Crippen LogP contribution is 2.37. The fourth-order valence-electron chi connectivity index (χ4n) is 4.51. The van der Waals surface area contributed by atoms with E-state index in [9.17, 15) is 4.39 Å². The number of rotatable bonds is 8. The van der Waals surface area contributed by atoms with Gasteiger partial charge in [0.25, 0.3) is 0 Å². The number of likely N-dealkylation sites (tertiary alicyclic amines) is 1. The number of piperidine rings is 1. The van der Waals surface area contributed by atoms with Crippen molar-refractivity contribution in [2.75, 3.05) is 64.9 Å². The Morgan fingerprint density at radius 2 is 1.92 bits per heavy atom. The van der Waals surface area contributed by atoms with Crippen LogP contribution in [0.2, 0.25) is 5.02 Å². The molecule has 5 rings (SSSR count). The molecule has 10 heteroatoms. The van der Waals surface area contributed by atoms with E-state index in [0.717, 1.165) is 64.2 Å². The molecule has 2 saturated heterocycles. The molecule has 3 aromatic rings. The molecule has 0 bridgehead atoms. The molecular weight excluding hydrogens is 485 g/mol. The zero-order valence-corrected chi connectivity index (χ0v) is 21.1. The summed E-state index contributed by atoms with van der Waals surface area (Å²) in [4.78, 5) is 13.6. The van der Waals surface area contributed by atoms with Crippen molar-refractivity contribution in [2.24, 2.45) is 0 Å². The SMILES string of the molecule is CN1CCC(Oc2cc(OCCN3CCOCC3)cc3ncnc(Nc4ccc(F)c(Cl)c4)c23)CC1. The first-order valence-corrected chi connectivity index (χ1v) is 12.7. The highest BCUT2D eigenvalue weighted by molar-refractivity contribution is 6.31. The molecule has 0 saturated carbocycles. The summed E-state index contributed by atoms with van der Waals surface area (Å²) in [7, 11) is 2.12. The average Bonchev–Trinajstić information content (AvgIpc) is 2.88. The number of hydrogen-bond donors (Lipinski definition) is 1. The van der Waals surface area contributed by atoms with Gasteiger partial charge in [-0.15, -0.1) is 0 Å². The molecule has 0 unspecified atom stereocenters. The molecule has 2 aliphatic rings. The number of aromatic nitrogens is 2. The van der Waals surface area contributed by atoms with E-state index in [2.05, 4.69) is 32.1 Å². The molecule has 0 atom stereocenters. The van der Waals surface area contributed by atoms with E-state index in [1.807, 2.05) is 12.1 Å². The zero-order chi connectivity index (χ0) is 24.9. The van der Waals surface area contributed by atoms with Crippen LogP contribution in [-0.2, 0) is 4.74 Å². The Morgan fingerprint density at radius 1 is 1.11 bits per heavy atom. The van der Waals surface area contributed by atoms with Gasteiger partial charge < -0.3 is 24.4 Å². The summed E-state index contributed by atoms with van der Waals surface area (Å²) in [6.45, 7) is 6.70. The van der Waals surface area contributed by atoms with Crippen LogP contribution in [0.4, 0.5) is 15.9 Å². The predicted octanol–water partition coefficient (Wildman–Crippen LogP) is 4.35. The van der Waals surface area contributed by atoms with Crippen molar-refractivity contribution in [2.45, 2.75) is 18.9 Å². The third-order valence-corrected chi connectivity index (χ3v) is 6.89. The topological polar surface area (TPSA) is 72.0 Å². The molecule has 1 N–H and O–H groups in total.